The van der Waals surface area contributed by atoms with Gasteiger partial charge in [-0.15, -0.1) is 0 Å². The van der Waals surface area contributed by atoms with E-state index in [1.165, 1.54) is 13.2 Å². The number of benzene rings is 2. The maximum absolute atomic E-state index is 12.7. The van der Waals surface area contributed by atoms with E-state index >= 15 is 0 Å². The van der Waals surface area contributed by atoms with Crippen molar-refractivity contribution in [2.45, 2.75) is 13.2 Å². The zero-order valence-electron chi connectivity index (χ0n) is 18.5. The number of hydrogen-bond acceptors (Lipinski definition) is 7. The van der Waals surface area contributed by atoms with Crippen LogP contribution in [0.15, 0.2) is 42.5 Å². The Hall–Kier alpha value is -3.80. The second-order valence-corrected chi connectivity index (χ2v) is 7.10. The number of morpholine rings is 1. The molecule has 0 aromatic heterocycles. The molecule has 1 aliphatic heterocycles. The zero-order valence-corrected chi connectivity index (χ0v) is 18.5. The van der Waals surface area contributed by atoms with Crippen LogP contribution in [0.2, 0.25) is 0 Å². The standard InChI is InChI=1S/C23H22F4N2O6/c1-32-21(31)17-12-15(29-8-10-33-11-9-29)4-6-18(17)28-20(30)7-3-14-2-5-16(34-22(24)25)13-19(14)35-23(26)27/h2-7,12-13,22-23H,8-11H2,1H3,(H,28,30)/b7-3+. The van der Waals surface area contributed by atoms with Crippen LogP contribution in [0.4, 0.5) is 28.9 Å². The van der Waals surface area contributed by atoms with E-state index in [1.807, 2.05) is 4.90 Å². The third-order valence-corrected chi connectivity index (χ3v) is 4.88. The van der Waals surface area contributed by atoms with Crippen molar-refractivity contribution in [2.24, 2.45) is 0 Å². The molecule has 0 radical (unpaired) electrons. The summed E-state index contributed by atoms with van der Waals surface area (Å²) in [5.74, 6) is -2.21. The number of ether oxygens (including phenoxy) is 4. The molecule has 1 N–H and O–H groups in total. The number of halogens is 4. The van der Waals surface area contributed by atoms with E-state index in [2.05, 4.69) is 14.8 Å². The van der Waals surface area contributed by atoms with Crippen molar-refractivity contribution >= 4 is 29.3 Å². The summed E-state index contributed by atoms with van der Waals surface area (Å²) in [5, 5.41) is 2.54. The molecule has 0 spiro atoms. The number of alkyl halides is 4. The number of amides is 1. The summed E-state index contributed by atoms with van der Waals surface area (Å²) in [4.78, 5) is 26.8. The summed E-state index contributed by atoms with van der Waals surface area (Å²) in [6.45, 7) is -4.02. The van der Waals surface area contributed by atoms with E-state index in [0.717, 1.165) is 30.0 Å². The van der Waals surface area contributed by atoms with Crippen LogP contribution in [-0.4, -0.2) is 58.5 Å². The van der Waals surface area contributed by atoms with Gasteiger partial charge in [0.2, 0.25) is 5.91 Å². The normalized spacial score (nSPS) is 13.9. The first kappa shape index (κ1) is 25.8. The average Bonchev–Trinajstić information content (AvgIpc) is 2.83. The molecule has 1 aliphatic rings. The molecule has 0 aliphatic carbocycles. The summed E-state index contributed by atoms with van der Waals surface area (Å²) in [6, 6.07) is 8.01. The fourth-order valence-corrected chi connectivity index (χ4v) is 3.30. The van der Waals surface area contributed by atoms with Crippen LogP contribution in [0.25, 0.3) is 6.08 Å². The van der Waals surface area contributed by atoms with E-state index in [9.17, 15) is 27.2 Å². The minimum atomic E-state index is -3.23. The zero-order chi connectivity index (χ0) is 25.4. The van der Waals surface area contributed by atoms with Gasteiger partial charge in [0.1, 0.15) is 11.5 Å². The van der Waals surface area contributed by atoms with Crippen LogP contribution in [0, 0.1) is 0 Å². The highest BCUT2D eigenvalue weighted by Gasteiger charge is 2.18. The van der Waals surface area contributed by atoms with Crippen molar-refractivity contribution in [3.8, 4) is 11.5 Å². The Kier molecular flexibility index (Phi) is 8.90. The first-order chi connectivity index (χ1) is 16.8. The van der Waals surface area contributed by atoms with E-state index in [1.54, 1.807) is 18.2 Å². The van der Waals surface area contributed by atoms with Gasteiger partial charge >= 0.3 is 19.2 Å². The second-order valence-electron chi connectivity index (χ2n) is 7.10. The molecule has 3 rings (SSSR count). The molecule has 2 aromatic rings. The Balaban J connectivity index is 1.79. The van der Waals surface area contributed by atoms with Gasteiger partial charge in [0.25, 0.3) is 0 Å². The summed E-state index contributed by atoms with van der Waals surface area (Å²) >= 11 is 0. The van der Waals surface area contributed by atoms with Gasteiger partial charge in [-0.05, 0) is 36.4 Å². The molecule has 2 aromatic carbocycles. The van der Waals surface area contributed by atoms with Crippen LogP contribution < -0.4 is 19.7 Å². The number of methoxy groups -OCH3 is 1. The summed E-state index contributed by atoms with van der Waals surface area (Å²) in [5.41, 5.74) is 1.06. The molecular formula is C23H22F4N2O6. The third kappa shape index (κ3) is 7.34. The molecule has 0 unspecified atom stereocenters. The molecule has 12 heteroatoms. The minimum Gasteiger partial charge on any atom is -0.465 e. The lowest BCUT2D eigenvalue weighted by Crippen LogP contribution is -2.36. The molecular weight excluding hydrogens is 476 g/mol. The molecule has 0 bridgehead atoms. The van der Waals surface area contributed by atoms with Crippen LogP contribution in [0.1, 0.15) is 15.9 Å². The van der Waals surface area contributed by atoms with Gasteiger partial charge in [0, 0.05) is 36.5 Å². The van der Waals surface area contributed by atoms with Gasteiger partial charge in [-0.3, -0.25) is 4.79 Å². The Morgan fingerprint density at radius 3 is 2.40 bits per heavy atom. The Morgan fingerprint density at radius 2 is 1.74 bits per heavy atom. The molecule has 1 amide bonds. The number of esters is 1. The van der Waals surface area contributed by atoms with Crippen LogP contribution >= 0.6 is 0 Å². The van der Waals surface area contributed by atoms with Gasteiger partial charge in [-0.25, -0.2) is 4.79 Å². The number of nitrogens with one attached hydrogen (secondary N) is 1. The molecule has 1 fully saturated rings. The van der Waals surface area contributed by atoms with Crippen LogP contribution in [-0.2, 0) is 14.3 Å². The van der Waals surface area contributed by atoms with Crippen molar-refractivity contribution in [1.29, 1.82) is 0 Å². The van der Waals surface area contributed by atoms with Crippen molar-refractivity contribution in [2.75, 3.05) is 43.6 Å². The summed E-state index contributed by atoms with van der Waals surface area (Å²) in [6.07, 6.45) is 2.16. The topological polar surface area (TPSA) is 86.3 Å². The quantitative estimate of drug-likeness (QED) is 0.316. The van der Waals surface area contributed by atoms with E-state index in [4.69, 9.17) is 9.47 Å². The van der Waals surface area contributed by atoms with Gasteiger partial charge in [-0.2, -0.15) is 17.6 Å². The van der Waals surface area contributed by atoms with Gasteiger partial charge in [0.15, 0.2) is 0 Å². The number of carbonyl (C=O) groups is 2. The Bertz CT molecular complexity index is 1070. The third-order valence-electron chi connectivity index (χ3n) is 4.88. The molecule has 0 atom stereocenters. The maximum Gasteiger partial charge on any atom is 0.387 e. The Morgan fingerprint density at radius 1 is 1.03 bits per heavy atom. The summed E-state index contributed by atoms with van der Waals surface area (Å²) < 4.78 is 68.9. The SMILES string of the molecule is COC(=O)c1cc(N2CCOCC2)ccc1NC(=O)/C=C/c1ccc(OC(F)F)cc1OC(F)F. The first-order valence-electron chi connectivity index (χ1n) is 10.3. The lowest BCUT2D eigenvalue weighted by molar-refractivity contribution is -0.111. The highest BCUT2D eigenvalue weighted by molar-refractivity contribution is 6.07. The fourth-order valence-electron chi connectivity index (χ4n) is 3.30. The first-order valence-corrected chi connectivity index (χ1v) is 10.3. The predicted molar refractivity (Wildman–Crippen MR) is 118 cm³/mol. The van der Waals surface area contributed by atoms with Crippen molar-refractivity contribution < 1.29 is 46.1 Å². The number of anilines is 2. The number of carbonyl (C=O) groups excluding carboxylic acids is 2. The van der Waals surface area contributed by atoms with Gasteiger partial charge < -0.3 is 29.2 Å². The van der Waals surface area contributed by atoms with E-state index in [-0.39, 0.29) is 22.6 Å². The van der Waals surface area contributed by atoms with Crippen molar-refractivity contribution in [3.05, 3.63) is 53.6 Å². The number of nitrogens with zero attached hydrogens (tertiary/aromatic N) is 1. The maximum atomic E-state index is 12.7. The summed E-state index contributed by atoms with van der Waals surface area (Å²) in [7, 11) is 1.21. The number of rotatable bonds is 9. The van der Waals surface area contributed by atoms with Crippen molar-refractivity contribution in [1.82, 2.24) is 0 Å². The minimum absolute atomic E-state index is 0.0120. The Labute approximate surface area is 198 Å². The largest absolute Gasteiger partial charge is 0.465 e. The van der Waals surface area contributed by atoms with Gasteiger partial charge in [0.05, 0.1) is 31.6 Å². The molecule has 188 valence electrons. The highest BCUT2D eigenvalue weighted by Crippen LogP contribution is 2.29. The lowest BCUT2D eigenvalue weighted by Gasteiger charge is -2.29. The average molecular weight is 498 g/mol. The smallest absolute Gasteiger partial charge is 0.387 e. The number of hydrogen-bond donors (Lipinski definition) is 1. The fraction of sp³-hybridized carbons (Fsp3) is 0.304. The van der Waals surface area contributed by atoms with Crippen molar-refractivity contribution in [3.63, 3.8) is 0 Å². The van der Waals surface area contributed by atoms with Gasteiger partial charge in [-0.1, -0.05) is 0 Å². The van der Waals surface area contributed by atoms with Crippen LogP contribution in [0.5, 0.6) is 11.5 Å². The molecule has 0 saturated carbocycles. The van der Waals surface area contributed by atoms with Crippen LogP contribution in [0.3, 0.4) is 0 Å². The highest BCUT2D eigenvalue weighted by atomic mass is 19.3. The monoisotopic (exact) mass is 498 g/mol. The molecule has 35 heavy (non-hydrogen) atoms. The molecule has 8 nitrogen and oxygen atoms in total. The lowest BCUT2D eigenvalue weighted by atomic mass is 10.1. The van der Waals surface area contributed by atoms with E-state index < -0.39 is 30.8 Å². The molecule has 1 heterocycles. The van der Waals surface area contributed by atoms with E-state index in [0.29, 0.717) is 26.3 Å². The second kappa shape index (κ2) is 12.1. The predicted octanol–water partition coefficient (Wildman–Crippen LogP) is 4.16. The molecule has 1 saturated heterocycles.